The summed E-state index contributed by atoms with van der Waals surface area (Å²) >= 11 is 0. The normalized spacial score (nSPS) is 16.0. The van der Waals surface area contributed by atoms with E-state index in [0.29, 0.717) is 17.4 Å². The summed E-state index contributed by atoms with van der Waals surface area (Å²) < 4.78 is 18.9. The van der Waals surface area contributed by atoms with Crippen LogP contribution in [0.4, 0.5) is 10.1 Å². The Kier molecular flexibility index (Phi) is 3.57. The molecule has 2 heterocycles. The number of rotatable bonds is 2. The van der Waals surface area contributed by atoms with E-state index in [0.717, 1.165) is 25.9 Å². The number of halogens is 1. The molecule has 5 nitrogen and oxygen atoms in total. The Hall–Kier alpha value is -2.42. The Morgan fingerprint density at radius 2 is 2.14 bits per heavy atom. The van der Waals surface area contributed by atoms with Gasteiger partial charge in [-0.3, -0.25) is 0 Å². The summed E-state index contributed by atoms with van der Waals surface area (Å²) in [6, 6.07) is 6.69. The average molecular weight is 286 g/mol. The second-order valence-electron chi connectivity index (χ2n) is 5.19. The van der Waals surface area contributed by atoms with Crippen LogP contribution in [0.1, 0.15) is 36.0 Å². The number of anilines is 1. The van der Waals surface area contributed by atoms with Crippen LogP contribution in [0.25, 0.3) is 0 Å². The van der Waals surface area contributed by atoms with Crippen molar-refractivity contribution in [3.05, 3.63) is 41.3 Å². The maximum Gasteiger partial charge on any atom is 0.229 e. The Balaban J connectivity index is 1.75. The second-order valence-corrected chi connectivity index (χ2v) is 5.19. The molecule has 1 aliphatic heterocycles. The van der Waals surface area contributed by atoms with Gasteiger partial charge in [0.25, 0.3) is 0 Å². The first-order valence-electron chi connectivity index (χ1n) is 6.93. The van der Waals surface area contributed by atoms with Crippen LogP contribution >= 0.6 is 0 Å². The molecule has 1 aromatic heterocycles. The van der Waals surface area contributed by atoms with Crippen LogP contribution in [0.5, 0.6) is 0 Å². The highest BCUT2D eigenvalue weighted by Gasteiger charge is 2.26. The van der Waals surface area contributed by atoms with E-state index in [1.54, 1.807) is 19.1 Å². The highest BCUT2D eigenvalue weighted by molar-refractivity contribution is 5.60. The lowest BCUT2D eigenvalue weighted by molar-refractivity contribution is 0.327. The maximum absolute atomic E-state index is 13.7. The first-order chi connectivity index (χ1) is 10.2. The van der Waals surface area contributed by atoms with E-state index in [4.69, 9.17) is 9.78 Å². The zero-order valence-corrected chi connectivity index (χ0v) is 11.7. The van der Waals surface area contributed by atoms with Crippen LogP contribution in [-0.4, -0.2) is 23.2 Å². The number of nitriles is 1. The lowest BCUT2D eigenvalue weighted by atomic mass is 9.96. The number of piperidine rings is 1. The number of hydrogen-bond donors (Lipinski definition) is 0. The number of hydrogen-bond acceptors (Lipinski definition) is 5. The number of aryl methyl sites for hydroxylation is 1. The molecule has 0 bridgehead atoms. The molecule has 0 N–H and O–H groups in total. The van der Waals surface area contributed by atoms with E-state index in [9.17, 15) is 4.39 Å². The minimum atomic E-state index is -0.468. The fourth-order valence-corrected chi connectivity index (χ4v) is 2.73. The van der Waals surface area contributed by atoms with Crippen LogP contribution < -0.4 is 4.90 Å². The van der Waals surface area contributed by atoms with Gasteiger partial charge in [-0.1, -0.05) is 11.2 Å². The number of aromatic nitrogens is 2. The fraction of sp³-hybridized carbons (Fsp3) is 0.400. The summed E-state index contributed by atoms with van der Waals surface area (Å²) in [5.74, 6) is 1.09. The molecular formula is C15H15FN4O. The van der Waals surface area contributed by atoms with Gasteiger partial charge in [-0.25, -0.2) is 4.39 Å². The topological polar surface area (TPSA) is 66.0 Å². The van der Waals surface area contributed by atoms with Crippen molar-refractivity contribution >= 4 is 5.69 Å². The number of benzene rings is 1. The molecule has 0 spiro atoms. The van der Waals surface area contributed by atoms with Crippen molar-refractivity contribution < 1.29 is 8.91 Å². The Morgan fingerprint density at radius 3 is 2.76 bits per heavy atom. The number of nitrogens with zero attached hydrogens (tertiary/aromatic N) is 4. The molecule has 0 radical (unpaired) electrons. The molecule has 3 rings (SSSR count). The summed E-state index contributed by atoms with van der Waals surface area (Å²) in [4.78, 5) is 6.31. The van der Waals surface area contributed by atoms with E-state index in [2.05, 4.69) is 10.1 Å². The molecular weight excluding hydrogens is 271 g/mol. The lowest BCUT2D eigenvalue weighted by Gasteiger charge is -2.32. The molecule has 0 saturated carbocycles. The van der Waals surface area contributed by atoms with Crippen molar-refractivity contribution in [2.24, 2.45) is 0 Å². The molecule has 0 atom stereocenters. The van der Waals surface area contributed by atoms with Gasteiger partial charge in [0.15, 0.2) is 5.82 Å². The van der Waals surface area contributed by atoms with Gasteiger partial charge in [-0.2, -0.15) is 10.2 Å². The molecule has 108 valence electrons. The second kappa shape index (κ2) is 5.52. The van der Waals surface area contributed by atoms with E-state index in [-0.39, 0.29) is 11.5 Å². The van der Waals surface area contributed by atoms with Gasteiger partial charge in [0.1, 0.15) is 17.4 Å². The Bertz CT molecular complexity index is 683. The monoisotopic (exact) mass is 286 g/mol. The van der Waals surface area contributed by atoms with E-state index in [1.807, 2.05) is 11.0 Å². The molecule has 1 saturated heterocycles. The quantitative estimate of drug-likeness (QED) is 0.849. The summed E-state index contributed by atoms with van der Waals surface area (Å²) in [5.41, 5.74) is 0.780. The highest BCUT2D eigenvalue weighted by atomic mass is 19.1. The van der Waals surface area contributed by atoms with Crippen molar-refractivity contribution in [3.63, 3.8) is 0 Å². The van der Waals surface area contributed by atoms with E-state index >= 15 is 0 Å². The van der Waals surface area contributed by atoms with Crippen molar-refractivity contribution in [1.29, 1.82) is 5.26 Å². The van der Waals surface area contributed by atoms with E-state index < -0.39 is 5.82 Å². The van der Waals surface area contributed by atoms with Crippen LogP contribution in [-0.2, 0) is 0 Å². The Morgan fingerprint density at radius 1 is 1.38 bits per heavy atom. The summed E-state index contributed by atoms with van der Waals surface area (Å²) in [5, 5.41) is 12.9. The molecule has 6 heteroatoms. The lowest BCUT2D eigenvalue weighted by Crippen LogP contribution is -2.33. The predicted octanol–water partition coefficient (Wildman–Crippen LogP) is 2.77. The van der Waals surface area contributed by atoms with E-state index in [1.165, 1.54) is 6.07 Å². The molecule has 21 heavy (non-hydrogen) atoms. The minimum absolute atomic E-state index is 0.115. The van der Waals surface area contributed by atoms with Crippen LogP contribution in [0.3, 0.4) is 0 Å². The minimum Gasteiger partial charge on any atom is -0.370 e. The smallest absolute Gasteiger partial charge is 0.229 e. The first-order valence-corrected chi connectivity index (χ1v) is 6.93. The van der Waals surface area contributed by atoms with Crippen molar-refractivity contribution in [1.82, 2.24) is 10.1 Å². The van der Waals surface area contributed by atoms with Gasteiger partial charge in [0.2, 0.25) is 5.89 Å². The molecule has 1 aromatic carbocycles. The molecule has 0 amide bonds. The highest BCUT2D eigenvalue weighted by Crippen LogP contribution is 2.31. The van der Waals surface area contributed by atoms with Crippen LogP contribution in [0.15, 0.2) is 22.7 Å². The first kappa shape index (κ1) is 13.6. The average Bonchev–Trinajstić information content (AvgIpc) is 2.94. The third-order valence-corrected chi connectivity index (χ3v) is 3.83. The van der Waals surface area contributed by atoms with Gasteiger partial charge in [0.05, 0.1) is 5.69 Å². The fourth-order valence-electron chi connectivity index (χ4n) is 2.73. The summed E-state index contributed by atoms with van der Waals surface area (Å²) in [6.45, 7) is 3.28. The largest absolute Gasteiger partial charge is 0.370 e. The van der Waals surface area contributed by atoms with Crippen molar-refractivity contribution in [2.75, 3.05) is 18.0 Å². The maximum atomic E-state index is 13.7. The molecule has 0 aliphatic carbocycles. The Labute approximate surface area is 122 Å². The van der Waals surface area contributed by atoms with Gasteiger partial charge >= 0.3 is 0 Å². The van der Waals surface area contributed by atoms with Gasteiger partial charge in [-0.05, 0) is 31.9 Å². The van der Waals surface area contributed by atoms with Crippen LogP contribution in [0, 0.1) is 24.1 Å². The summed E-state index contributed by atoms with van der Waals surface area (Å²) in [6.07, 6.45) is 1.70. The third-order valence-electron chi connectivity index (χ3n) is 3.83. The van der Waals surface area contributed by atoms with Gasteiger partial charge in [0, 0.05) is 19.0 Å². The summed E-state index contributed by atoms with van der Waals surface area (Å²) in [7, 11) is 0. The molecule has 2 aromatic rings. The molecule has 1 fully saturated rings. The van der Waals surface area contributed by atoms with Gasteiger partial charge in [-0.15, -0.1) is 0 Å². The van der Waals surface area contributed by atoms with Crippen molar-refractivity contribution in [3.8, 4) is 6.07 Å². The third kappa shape index (κ3) is 2.59. The molecule has 0 unspecified atom stereocenters. The van der Waals surface area contributed by atoms with Gasteiger partial charge < -0.3 is 9.42 Å². The van der Waals surface area contributed by atoms with Crippen molar-refractivity contribution in [2.45, 2.75) is 25.7 Å². The SMILES string of the molecule is Cc1noc(C2CCN(c3cccc(F)c3C#N)CC2)n1. The predicted molar refractivity (Wildman–Crippen MR) is 74.3 cm³/mol. The van der Waals surface area contributed by atoms with Crippen LogP contribution in [0.2, 0.25) is 0 Å². The zero-order chi connectivity index (χ0) is 14.8. The standard InChI is InChI=1S/C15H15FN4O/c1-10-18-15(21-19-10)11-5-7-20(8-6-11)14-4-2-3-13(16)12(14)9-17/h2-4,11H,5-8H2,1H3. The molecule has 1 aliphatic rings. The zero-order valence-electron chi connectivity index (χ0n) is 11.7.